The van der Waals surface area contributed by atoms with Crippen LogP contribution < -0.4 is 4.90 Å². The lowest BCUT2D eigenvalue weighted by atomic mass is 9.90. The number of aromatic nitrogens is 3. The third-order valence-corrected chi connectivity index (χ3v) is 9.08. The van der Waals surface area contributed by atoms with Crippen LogP contribution in [0.3, 0.4) is 0 Å². The molecule has 0 spiro atoms. The molecule has 5 rings (SSSR count). The highest BCUT2D eigenvalue weighted by molar-refractivity contribution is 5.80. The zero-order valence-electron chi connectivity index (χ0n) is 26.1. The van der Waals surface area contributed by atoms with Crippen LogP contribution in [0.25, 0.3) is 23.0 Å². The van der Waals surface area contributed by atoms with E-state index in [9.17, 15) is 0 Å². The molecule has 214 valence electrons. The number of anilines is 1. The number of aryl methyl sites for hydroxylation is 3. The van der Waals surface area contributed by atoms with Gasteiger partial charge in [-0.05, 0) is 84.9 Å². The topological polar surface area (TPSA) is 34.0 Å². The number of pyridine rings is 1. The van der Waals surface area contributed by atoms with Crippen LogP contribution in [0.5, 0.6) is 0 Å². The van der Waals surface area contributed by atoms with Crippen molar-refractivity contribution in [1.29, 1.82) is 0 Å². The Balaban J connectivity index is 1.73. The number of hydrogen-bond donors (Lipinski definition) is 0. The summed E-state index contributed by atoms with van der Waals surface area (Å²) < 4.78 is 2.30. The predicted molar refractivity (Wildman–Crippen MR) is 174 cm³/mol. The molecule has 1 unspecified atom stereocenters. The third kappa shape index (κ3) is 5.37. The van der Waals surface area contributed by atoms with Gasteiger partial charge in [-0.25, -0.2) is 9.67 Å². The molecule has 3 heterocycles. The minimum atomic E-state index is 0.528. The molecule has 0 N–H and O–H groups in total. The van der Waals surface area contributed by atoms with E-state index in [1.165, 1.54) is 61.6 Å². The van der Waals surface area contributed by atoms with Gasteiger partial charge in [-0.15, -0.1) is 0 Å². The van der Waals surface area contributed by atoms with E-state index in [0.717, 1.165) is 51.0 Å². The average Bonchev–Trinajstić information content (AvgIpc) is 3.39. The lowest BCUT2D eigenvalue weighted by Gasteiger charge is -2.28. The molecule has 2 aromatic heterocycles. The molecule has 1 atom stereocenters. The van der Waals surface area contributed by atoms with Gasteiger partial charge in [-0.2, -0.15) is 5.10 Å². The van der Waals surface area contributed by atoms with Crippen LogP contribution in [0, 0.1) is 6.92 Å². The summed E-state index contributed by atoms with van der Waals surface area (Å²) in [6.07, 6.45) is 11.5. The van der Waals surface area contributed by atoms with Gasteiger partial charge in [0.25, 0.3) is 0 Å². The minimum absolute atomic E-state index is 0.528. The first kappa shape index (κ1) is 28.9. The number of rotatable bonds is 9. The second-order valence-electron chi connectivity index (χ2n) is 11.4. The molecule has 4 heteroatoms. The van der Waals surface area contributed by atoms with Gasteiger partial charge in [0.05, 0.1) is 17.1 Å². The normalized spacial score (nSPS) is 14.1. The van der Waals surface area contributed by atoms with Crippen molar-refractivity contribution in [2.75, 3.05) is 11.4 Å². The maximum Gasteiger partial charge on any atom is 0.128 e. The first-order valence-corrected chi connectivity index (χ1v) is 15.6. The highest BCUT2D eigenvalue weighted by Crippen LogP contribution is 2.39. The summed E-state index contributed by atoms with van der Waals surface area (Å²) in [7, 11) is 0. The molecular weight excluding hydrogens is 500 g/mol. The monoisotopic (exact) mass is 546 g/mol. The molecule has 41 heavy (non-hydrogen) atoms. The van der Waals surface area contributed by atoms with E-state index in [2.05, 4.69) is 119 Å². The van der Waals surface area contributed by atoms with Crippen LogP contribution in [0.15, 0.2) is 54.7 Å². The molecule has 0 saturated carbocycles. The molecule has 4 nitrogen and oxygen atoms in total. The molecule has 0 saturated heterocycles. The van der Waals surface area contributed by atoms with E-state index in [1.807, 2.05) is 0 Å². The van der Waals surface area contributed by atoms with Crippen molar-refractivity contribution >= 4 is 11.9 Å². The van der Waals surface area contributed by atoms with Crippen LogP contribution in [-0.4, -0.2) is 21.3 Å². The van der Waals surface area contributed by atoms with Gasteiger partial charge in [0.1, 0.15) is 5.82 Å². The van der Waals surface area contributed by atoms with Crippen molar-refractivity contribution < 1.29 is 0 Å². The van der Waals surface area contributed by atoms with E-state index < -0.39 is 0 Å². The number of benzene rings is 2. The van der Waals surface area contributed by atoms with Crippen LogP contribution in [-0.2, 0) is 32.2 Å². The zero-order valence-corrected chi connectivity index (χ0v) is 26.1. The summed E-state index contributed by atoms with van der Waals surface area (Å²) in [6.45, 7) is 17.4. The van der Waals surface area contributed by atoms with E-state index in [-0.39, 0.29) is 0 Å². The van der Waals surface area contributed by atoms with Crippen molar-refractivity contribution in [3.63, 3.8) is 0 Å². The minimum Gasteiger partial charge on any atom is -0.352 e. The third-order valence-electron chi connectivity index (χ3n) is 9.08. The summed E-state index contributed by atoms with van der Waals surface area (Å²) in [5, 5.41) is 5.41. The van der Waals surface area contributed by atoms with Crippen molar-refractivity contribution in [3.05, 3.63) is 99.4 Å². The quantitative estimate of drug-likeness (QED) is 0.210. The summed E-state index contributed by atoms with van der Waals surface area (Å²) in [4.78, 5) is 7.38. The van der Waals surface area contributed by atoms with E-state index in [1.54, 1.807) is 0 Å². The molecule has 0 aliphatic carbocycles. The van der Waals surface area contributed by atoms with Gasteiger partial charge in [-0.3, -0.25) is 0 Å². The zero-order chi connectivity index (χ0) is 29.1. The predicted octanol–water partition coefficient (Wildman–Crippen LogP) is 9.04. The summed E-state index contributed by atoms with van der Waals surface area (Å²) in [5.74, 6) is 1.58. The first-order chi connectivity index (χ1) is 19.9. The lowest BCUT2D eigenvalue weighted by Crippen LogP contribution is -2.31. The average molecular weight is 547 g/mol. The van der Waals surface area contributed by atoms with Gasteiger partial charge in [0, 0.05) is 36.8 Å². The van der Waals surface area contributed by atoms with Crippen molar-refractivity contribution in [3.8, 4) is 16.9 Å². The fourth-order valence-corrected chi connectivity index (χ4v) is 6.35. The molecule has 0 radical (unpaired) electrons. The van der Waals surface area contributed by atoms with Gasteiger partial charge in [0.2, 0.25) is 0 Å². The van der Waals surface area contributed by atoms with Crippen molar-refractivity contribution in [1.82, 2.24) is 14.8 Å². The summed E-state index contributed by atoms with van der Waals surface area (Å²) in [6, 6.07) is 15.9. The number of para-hydroxylation sites is 1. The Morgan fingerprint density at radius 2 is 1.66 bits per heavy atom. The molecule has 4 aromatic rings. The fraction of sp³-hybridized carbons (Fsp3) is 0.405. The Hall–Kier alpha value is -3.66. The molecular formula is C37H46N4. The standard InChI is InChI=1S/C37H46N4/c1-8-14-31-26(7)27(10-3)17-19-32(31)37-33-24-40(35-20-18-30(23-38-35)25(6)9-2)22-21-34(33)39-41(37)36-28(11-4)15-13-16-29(36)12-5/h8,13-20,23,25H,9-12,21-22,24H2,1-7H3/b14-8-. The van der Waals surface area contributed by atoms with Gasteiger partial charge >= 0.3 is 0 Å². The van der Waals surface area contributed by atoms with E-state index in [0.29, 0.717) is 5.92 Å². The Bertz CT molecular complexity index is 1520. The molecule has 0 bridgehead atoms. The second kappa shape index (κ2) is 12.5. The fourth-order valence-electron chi connectivity index (χ4n) is 6.35. The number of allylic oxidation sites excluding steroid dienone is 1. The summed E-state index contributed by atoms with van der Waals surface area (Å²) >= 11 is 0. The molecule has 2 aromatic carbocycles. The Morgan fingerprint density at radius 1 is 0.927 bits per heavy atom. The van der Waals surface area contributed by atoms with Gasteiger partial charge in [0.15, 0.2) is 0 Å². The summed E-state index contributed by atoms with van der Waals surface area (Å²) in [5.41, 5.74) is 14.4. The molecule has 1 aliphatic rings. The molecule has 0 amide bonds. The van der Waals surface area contributed by atoms with E-state index in [4.69, 9.17) is 10.1 Å². The van der Waals surface area contributed by atoms with Crippen molar-refractivity contribution in [2.24, 2.45) is 0 Å². The Morgan fingerprint density at radius 3 is 2.27 bits per heavy atom. The second-order valence-corrected chi connectivity index (χ2v) is 11.4. The highest BCUT2D eigenvalue weighted by atomic mass is 15.3. The Kier molecular flexibility index (Phi) is 8.77. The van der Waals surface area contributed by atoms with Crippen LogP contribution in [0.4, 0.5) is 5.82 Å². The van der Waals surface area contributed by atoms with Gasteiger partial charge < -0.3 is 4.90 Å². The van der Waals surface area contributed by atoms with Crippen LogP contribution in [0.2, 0.25) is 0 Å². The highest BCUT2D eigenvalue weighted by Gasteiger charge is 2.29. The van der Waals surface area contributed by atoms with E-state index >= 15 is 0 Å². The Labute approximate surface area is 247 Å². The largest absolute Gasteiger partial charge is 0.352 e. The first-order valence-electron chi connectivity index (χ1n) is 15.6. The molecule has 0 fully saturated rings. The van der Waals surface area contributed by atoms with Crippen LogP contribution >= 0.6 is 0 Å². The van der Waals surface area contributed by atoms with Crippen molar-refractivity contribution in [2.45, 2.75) is 93.0 Å². The number of fused-ring (bicyclic) bond motifs is 1. The molecule has 1 aliphatic heterocycles. The number of nitrogens with zero attached hydrogens (tertiary/aromatic N) is 4. The van der Waals surface area contributed by atoms with Gasteiger partial charge in [-0.1, -0.05) is 83.2 Å². The maximum atomic E-state index is 5.41. The van der Waals surface area contributed by atoms with Crippen LogP contribution in [0.1, 0.15) is 98.5 Å². The number of hydrogen-bond acceptors (Lipinski definition) is 3. The smallest absolute Gasteiger partial charge is 0.128 e. The lowest BCUT2D eigenvalue weighted by molar-refractivity contribution is 0.700. The maximum absolute atomic E-state index is 5.41. The SMILES string of the molecule is C/C=C\c1c(-c2c3c(nn2-c2c(CC)cccc2CC)CCN(c2ccc(C(C)CC)cn2)C3)ccc(CC)c1C.